The fourth-order valence-electron chi connectivity index (χ4n) is 2.69. The van der Waals surface area contributed by atoms with Gasteiger partial charge in [-0.25, -0.2) is 4.98 Å². The summed E-state index contributed by atoms with van der Waals surface area (Å²) < 4.78 is 83.2. The van der Waals surface area contributed by atoms with E-state index >= 15 is 0 Å². The summed E-state index contributed by atoms with van der Waals surface area (Å²) in [5, 5.41) is 0.677. The number of aromatic nitrogens is 1. The van der Waals surface area contributed by atoms with Gasteiger partial charge in [-0.1, -0.05) is 29.8 Å². The van der Waals surface area contributed by atoms with Crippen molar-refractivity contribution in [3.05, 3.63) is 69.9 Å². The first kappa shape index (κ1) is 21.0. The Morgan fingerprint density at radius 1 is 0.862 bits per heavy atom. The van der Waals surface area contributed by atoms with Crippen LogP contribution >= 0.6 is 11.6 Å². The summed E-state index contributed by atoms with van der Waals surface area (Å²) in [6, 6.07) is 8.08. The summed E-state index contributed by atoms with van der Waals surface area (Å²) in [7, 11) is 1.48. The molecule has 3 aromatic rings. The minimum atomic E-state index is -4.96. The van der Waals surface area contributed by atoms with Crippen molar-refractivity contribution in [1.29, 1.82) is 0 Å². The molecule has 1 heterocycles. The Morgan fingerprint density at radius 2 is 1.55 bits per heavy atom. The van der Waals surface area contributed by atoms with E-state index in [0.717, 1.165) is 12.1 Å². The second-order valence-corrected chi connectivity index (χ2v) is 6.42. The highest BCUT2D eigenvalue weighted by Gasteiger charge is 2.37. The molecule has 0 saturated carbocycles. The lowest BCUT2D eigenvalue weighted by molar-refractivity contribution is -0.143. The predicted octanol–water partition coefficient (Wildman–Crippen LogP) is 7.10. The van der Waals surface area contributed by atoms with E-state index in [9.17, 15) is 26.3 Å². The summed E-state index contributed by atoms with van der Waals surface area (Å²) in [5.41, 5.74) is -2.33. The van der Waals surface area contributed by atoms with Crippen LogP contribution in [0.25, 0.3) is 23.1 Å². The van der Waals surface area contributed by atoms with Crippen molar-refractivity contribution < 1.29 is 31.1 Å². The molecule has 0 fully saturated rings. The number of ether oxygens (including phenoxy) is 1. The first-order chi connectivity index (χ1) is 13.5. The van der Waals surface area contributed by atoms with Crippen LogP contribution in [0.4, 0.5) is 26.3 Å². The van der Waals surface area contributed by atoms with Crippen LogP contribution in [0, 0.1) is 0 Å². The van der Waals surface area contributed by atoms with E-state index in [0.29, 0.717) is 28.3 Å². The van der Waals surface area contributed by atoms with Gasteiger partial charge in [-0.05, 0) is 42.0 Å². The second-order valence-electron chi connectivity index (χ2n) is 6.06. The highest BCUT2D eigenvalue weighted by molar-refractivity contribution is 6.31. The van der Waals surface area contributed by atoms with Gasteiger partial charge in [0.05, 0.1) is 23.8 Å². The van der Waals surface area contributed by atoms with E-state index in [2.05, 4.69) is 4.98 Å². The van der Waals surface area contributed by atoms with Gasteiger partial charge in [0, 0.05) is 10.9 Å². The smallest absolute Gasteiger partial charge is 0.417 e. The van der Waals surface area contributed by atoms with Crippen molar-refractivity contribution >= 4 is 34.7 Å². The summed E-state index contributed by atoms with van der Waals surface area (Å²) in [5.74, 6) is 0.554. The molecule has 29 heavy (non-hydrogen) atoms. The second kappa shape index (κ2) is 7.59. The Bertz CT molecular complexity index is 1090. The van der Waals surface area contributed by atoms with Gasteiger partial charge >= 0.3 is 12.4 Å². The number of methoxy groups -OCH3 is 1. The van der Waals surface area contributed by atoms with Gasteiger partial charge in [0.1, 0.15) is 10.9 Å². The molecule has 0 spiro atoms. The largest absolute Gasteiger partial charge is 0.497 e. The van der Waals surface area contributed by atoms with Crippen LogP contribution in [-0.2, 0) is 12.4 Å². The molecule has 2 aromatic carbocycles. The van der Waals surface area contributed by atoms with Crippen LogP contribution in [0.3, 0.4) is 0 Å². The molecule has 3 rings (SSSR count). The highest BCUT2D eigenvalue weighted by atomic mass is 35.5. The minimum absolute atomic E-state index is 0.0411. The standard InChI is InChI=1S/C20H12ClF6NO/c1-29-15-6-7-17-13(9-15)8-12(18(21)28-17)3-2-11-4-5-14(19(22,23)24)10-16(11)20(25,26)27/h2-10H,1H3/b3-2-. The lowest BCUT2D eigenvalue weighted by Crippen LogP contribution is -2.12. The highest BCUT2D eigenvalue weighted by Crippen LogP contribution is 2.38. The molecule has 0 radical (unpaired) electrons. The number of halogens is 7. The maximum atomic E-state index is 13.3. The van der Waals surface area contributed by atoms with E-state index in [4.69, 9.17) is 16.3 Å². The first-order valence-electron chi connectivity index (χ1n) is 8.10. The van der Waals surface area contributed by atoms with Gasteiger partial charge in [0.2, 0.25) is 0 Å². The Morgan fingerprint density at radius 3 is 2.17 bits per heavy atom. The quantitative estimate of drug-likeness (QED) is 0.326. The summed E-state index contributed by atoms with van der Waals surface area (Å²) in [6.45, 7) is 0. The molecular formula is C20H12ClF6NO. The number of nitrogens with zero attached hydrogens (tertiary/aromatic N) is 1. The number of fused-ring (bicyclic) bond motifs is 1. The molecule has 0 aliphatic rings. The molecule has 9 heteroatoms. The van der Waals surface area contributed by atoms with Crippen molar-refractivity contribution in [2.24, 2.45) is 0 Å². The van der Waals surface area contributed by atoms with Crippen LogP contribution in [-0.4, -0.2) is 12.1 Å². The molecule has 1 aromatic heterocycles. The fourth-order valence-corrected chi connectivity index (χ4v) is 2.90. The van der Waals surface area contributed by atoms with Crippen LogP contribution in [0.2, 0.25) is 5.15 Å². The average Bonchev–Trinajstić information content (AvgIpc) is 2.64. The topological polar surface area (TPSA) is 22.1 Å². The molecule has 0 amide bonds. The van der Waals surface area contributed by atoms with Crippen molar-refractivity contribution in [2.75, 3.05) is 7.11 Å². The average molecular weight is 432 g/mol. The number of rotatable bonds is 3. The van der Waals surface area contributed by atoms with Gasteiger partial charge in [-0.15, -0.1) is 0 Å². The normalized spacial score (nSPS) is 12.7. The lowest BCUT2D eigenvalue weighted by Gasteiger charge is -2.14. The SMILES string of the molecule is COc1ccc2nc(Cl)c(/C=C\c3ccc(C(F)(F)F)cc3C(F)(F)F)cc2c1. The van der Waals surface area contributed by atoms with Gasteiger partial charge in [-0.3, -0.25) is 0 Å². The van der Waals surface area contributed by atoms with E-state index in [1.165, 1.54) is 13.2 Å². The predicted molar refractivity (Wildman–Crippen MR) is 98.7 cm³/mol. The first-order valence-corrected chi connectivity index (χ1v) is 8.47. The number of pyridine rings is 1. The van der Waals surface area contributed by atoms with Crippen molar-refractivity contribution in [3.8, 4) is 5.75 Å². The zero-order valence-electron chi connectivity index (χ0n) is 14.7. The minimum Gasteiger partial charge on any atom is -0.497 e. The van der Waals surface area contributed by atoms with Gasteiger partial charge in [0.25, 0.3) is 0 Å². The van der Waals surface area contributed by atoms with E-state index in [1.807, 2.05) is 0 Å². The number of alkyl halides is 6. The third-order valence-electron chi connectivity index (χ3n) is 4.13. The molecule has 0 N–H and O–H groups in total. The zero-order valence-corrected chi connectivity index (χ0v) is 15.5. The van der Waals surface area contributed by atoms with Crippen LogP contribution in [0.15, 0.2) is 42.5 Å². The molecule has 0 atom stereocenters. The van der Waals surface area contributed by atoms with Gasteiger partial charge < -0.3 is 4.74 Å². The molecule has 0 saturated heterocycles. The van der Waals surface area contributed by atoms with Crippen molar-refractivity contribution in [1.82, 2.24) is 4.98 Å². The Kier molecular flexibility index (Phi) is 5.49. The van der Waals surface area contributed by atoms with Crippen LogP contribution < -0.4 is 4.74 Å². The third kappa shape index (κ3) is 4.64. The maximum Gasteiger partial charge on any atom is 0.417 e. The lowest BCUT2D eigenvalue weighted by atomic mass is 10.0. The summed E-state index contributed by atoms with van der Waals surface area (Å²) >= 11 is 6.09. The molecular weight excluding hydrogens is 420 g/mol. The molecule has 152 valence electrons. The van der Waals surface area contributed by atoms with Crippen LogP contribution in [0.5, 0.6) is 5.75 Å². The molecule has 2 nitrogen and oxygen atoms in total. The van der Waals surface area contributed by atoms with Crippen molar-refractivity contribution in [2.45, 2.75) is 12.4 Å². The van der Waals surface area contributed by atoms with Gasteiger partial charge in [0.15, 0.2) is 0 Å². The number of hydrogen-bond acceptors (Lipinski definition) is 2. The monoisotopic (exact) mass is 431 g/mol. The molecule has 0 unspecified atom stereocenters. The van der Waals surface area contributed by atoms with E-state index in [1.54, 1.807) is 24.3 Å². The zero-order chi connectivity index (χ0) is 21.4. The number of benzene rings is 2. The Hall–Kier alpha value is -2.74. The summed E-state index contributed by atoms with van der Waals surface area (Å²) in [6.07, 6.45) is -7.52. The van der Waals surface area contributed by atoms with E-state index < -0.39 is 29.0 Å². The third-order valence-corrected chi connectivity index (χ3v) is 4.43. The molecule has 0 aliphatic heterocycles. The van der Waals surface area contributed by atoms with Crippen molar-refractivity contribution in [3.63, 3.8) is 0 Å². The van der Waals surface area contributed by atoms with Gasteiger partial charge in [-0.2, -0.15) is 26.3 Å². The summed E-state index contributed by atoms with van der Waals surface area (Å²) in [4.78, 5) is 4.17. The maximum absolute atomic E-state index is 13.3. The Labute approximate surface area is 166 Å². The van der Waals surface area contributed by atoms with Crippen LogP contribution in [0.1, 0.15) is 22.3 Å². The fraction of sp³-hybridized carbons (Fsp3) is 0.150. The Balaban J connectivity index is 2.06. The molecule has 0 aliphatic carbocycles. The molecule has 0 bridgehead atoms. The van der Waals surface area contributed by atoms with E-state index in [-0.39, 0.29) is 11.2 Å². The number of hydrogen-bond donors (Lipinski definition) is 0.